The van der Waals surface area contributed by atoms with Gasteiger partial charge in [0, 0.05) is 26.0 Å². The number of aromatic nitrogens is 3. The van der Waals surface area contributed by atoms with E-state index in [1.54, 1.807) is 50.6 Å². The lowest BCUT2D eigenvalue weighted by Gasteiger charge is -2.11. The van der Waals surface area contributed by atoms with Crippen LogP contribution in [0.3, 0.4) is 0 Å². The van der Waals surface area contributed by atoms with Crippen LogP contribution in [0.2, 0.25) is 0 Å². The van der Waals surface area contributed by atoms with Crippen LogP contribution in [0.15, 0.2) is 41.3 Å². The highest BCUT2D eigenvalue weighted by atomic mass is 16.5. The van der Waals surface area contributed by atoms with E-state index in [9.17, 15) is 9.59 Å². The van der Waals surface area contributed by atoms with Gasteiger partial charge in [0.05, 0.1) is 18.2 Å². The van der Waals surface area contributed by atoms with Crippen molar-refractivity contribution in [2.45, 2.75) is 0 Å². The molecule has 0 aliphatic rings. The topological polar surface area (TPSA) is 98.1 Å². The van der Waals surface area contributed by atoms with E-state index in [1.807, 2.05) is 0 Å². The molecule has 0 saturated carbocycles. The molecule has 2 N–H and O–H groups in total. The number of carbonyl (C=O) groups excluding carboxylic acids is 1. The van der Waals surface area contributed by atoms with Gasteiger partial charge in [0.1, 0.15) is 11.2 Å². The first-order valence-electron chi connectivity index (χ1n) is 7.54. The van der Waals surface area contributed by atoms with Gasteiger partial charge < -0.3 is 19.9 Å². The third-order valence-electron chi connectivity index (χ3n) is 3.72. The lowest BCUT2D eigenvalue weighted by atomic mass is 10.2. The molecule has 0 unspecified atom stereocenters. The lowest BCUT2D eigenvalue weighted by Crippen LogP contribution is -2.18. The number of hydrogen-bond acceptors (Lipinski definition) is 7. The molecule has 0 spiro atoms. The maximum absolute atomic E-state index is 12.5. The van der Waals surface area contributed by atoms with E-state index in [0.29, 0.717) is 33.9 Å². The van der Waals surface area contributed by atoms with Gasteiger partial charge in [-0.2, -0.15) is 4.98 Å². The second-order valence-electron chi connectivity index (χ2n) is 5.33. The number of benzene rings is 1. The van der Waals surface area contributed by atoms with E-state index in [-0.39, 0.29) is 5.56 Å². The molecule has 0 aliphatic heterocycles. The Kier molecular flexibility index (Phi) is 4.34. The van der Waals surface area contributed by atoms with Crippen molar-refractivity contribution in [3.63, 3.8) is 0 Å². The fraction of sp³-hybridized carbons (Fsp3) is 0.176. The van der Waals surface area contributed by atoms with Crippen molar-refractivity contribution in [2.24, 2.45) is 7.05 Å². The summed E-state index contributed by atoms with van der Waals surface area (Å²) >= 11 is 0. The number of ether oxygens (including phenoxy) is 1. The van der Waals surface area contributed by atoms with Gasteiger partial charge in [-0.1, -0.05) is 0 Å². The number of nitrogens with one attached hydrogen (secondary N) is 2. The lowest BCUT2D eigenvalue weighted by molar-refractivity contribution is 0.0601. The van der Waals surface area contributed by atoms with Gasteiger partial charge in [-0.05, 0) is 30.3 Å². The Morgan fingerprint density at radius 1 is 1.16 bits per heavy atom. The molecule has 0 fully saturated rings. The molecule has 3 rings (SSSR count). The number of pyridine rings is 1. The van der Waals surface area contributed by atoms with Crippen molar-refractivity contribution < 1.29 is 9.53 Å². The van der Waals surface area contributed by atoms with Gasteiger partial charge in [0.2, 0.25) is 5.95 Å². The SMILES string of the molecule is CNc1nc(Nc2ccc(C(=O)OC)cc2)c2c(=O)n(C)ccc2n1. The van der Waals surface area contributed by atoms with Gasteiger partial charge in [-0.15, -0.1) is 0 Å². The van der Waals surface area contributed by atoms with Gasteiger partial charge in [0.15, 0.2) is 0 Å². The number of methoxy groups -OCH3 is 1. The monoisotopic (exact) mass is 339 g/mol. The van der Waals surface area contributed by atoms with E-state index in [1.165, 1.54) is 11.7 Å². The Morgan fingerprint density at radius 2 is 1.88 bits per heavy atom. The fourth-order valence-electron chi connectivity index (χ4n) is 2.38. The maximum atomic E-state index is 12.5. The molecule has 2 heterocycles. The van der Waals surface area contributed by atoms with Crippen LogP contribution >= 0.6 is 0 Å². The molecule has 0 saturated heterocycles. The average molecular weight is 339 g/mol. The Hall–Kier alpha value is -3.42. The minimum Gasteiger partial charge on any atom is -0.465 e. The van der Waals surface area contributed by atoms with Crippen molar-refractivity contribution in [1.29, 1.82) is 0 Å². The Morgan fingerprint density at radius 3 is 2.52 bits per heavy atom. The molecule has 0 radical (unpaired) electrons. The molecular formula is C17H17N5O3. The molecule has 8 heteroatoms. The second-order valence-corrected chi connectivity index (χ2v) is 5.33. The molecule has 0 aliphatic carbocycles. The first kappa shape index (κ1) is 16.4. The third kappa shape index (κ3) is 3.14. The standard InChI is InChI=1S/C17H17N5O3/c1-18-17-20-12-8-9-22(2)15(23)13(12)14(21-17)19-11-6-4-10(5-7-11)16(24)25-3/h4-9H,1-3H3,(H2,18,19,20,21). The van der Waals surface area contributed by atoms with Crippen LogP contribution in [0.25, 0.3) is 10.9 Å². The minimum absolute atomic E-state index is 0.200. The average Bonchev–Trinajstić information content (AvgIpc) is 2.64. The van der Waals surface area contributed by atoms with Gasteiger partial charge >= 0.3 is 5.97 Å². The van der Waals surface area contributed by atoms with Crippen LogP contribution in [-0.2, 0) is 11.8 Å². The van der Waals surface area contributed by atoms with Crippen molar-refractivity contribution in [1.82, 2.24) is 14.5 Å². The molecule has 128 valence electrons. The quantitative estimate of drug-likeness (QED) is 0.701. The van der Waals surface area contributed by atoms with Crippen LogP contribution in [0.5, 0.6) is 0 Å². The number of anilines is 3. The summed E-state index contributed by atoms with van der Waals surface area (Å²) in [4.78, 5) is 32.7. The predicted molar refractivity (Wildman–Crippen MR) is 95.4 cm³/mol. The molecule has 1 aromatic carbocycles. The smallest absolute Gasteiger partial charge is 0.337 e. The van der Waals surface area contributed by atoms with Crippen molar-refractivity contribution in [3.05, 3.63) is 52.4 Å². The summed E-state index contributed by atoms with van der Waals surface area (Å²) in [7, 11) is 4.70. The molecule has 0 amide bonds. The van der Waals surface area contributed by atoms with Crippen molar-refractivity contribution in [3.8, 4) is 0 Å². The molecule has 8 nitrogen and oxygen atoms in total. The number of rotatable bonds is 4. The normalized spacial score (nSPS) is 10.5. The molecule has 0 bridgehead atoms. The Labute approximate surface area is 143 Å². The Bertz CT molecular complexity index is 996. The zero-order valence-electron chi connectivity index (χ0n) is 14.0. The second kappa shape index (κ2) is 6.60. The van der Waals surface area contributed by atoms with Gasteiger partial charge in [-0.3, -0.25) is 4.79 Å². The molecular weight excluding hydrogens is 322 g/mol. The van der Waals surface area contributed by atoms with Crippen molar-refractivity contribution >= 4 is 34.3 Å². The van der Waals surface area contributed by atoms with Crippen LogP contribution < -0.4 is 16.2 Å². The maximum Gasteiger partial charge on any atom is 0.337 e. The number of hydrogen-bond donors (Lipinski definition) is 2. The first-order chi connectivity index (χ1) is 12.0. The highest BCUT2D eigenvalue weighted by Crippen LogP contribution is 2.23. The summed E-state index contributed by atoms with van der Waals surface area (Å²) in [5.74, 6) is 0.376. The summed E-state index contributed by atoms with van der Waals surface area (Å²) in [6.07, 6.45) is 1.66. The van der Waals surface area contributed by atoms with E-state index in [2.05, 4.69) is 25.3 Å². The largest absolute Gasteiger partial charge is 0.465 e. The molecule has 2 aromatic heterocycles. The summed E-state index contributed by atoms with van der Waals surface area (Å²) in [5, 5.41) is 6.39. The first-order valence-corrected chi connectivity index (χ1v) is 7.54. The summed E-state index contributed by atoms with van der Waals surface area (Å²) in [6, 6.07) is 8.45. The Balaban J connectivity index is 2.07. The van der Waals surface area contributed by atoms with Crippen LogP contribution in [-0.4, -0.2) is 34.7 Å². The van der Waals surface area contributed by atoms with Crippen LogP contribution in [0.1, 0.15) is 10.4 Å². The van der Waals surface area contributed by atoms with E-state index >= 15 is 0 Å². The van der Waals surface area contributed by atoms with E-state index < -0.39 is 5.97 Å². The molecule has 3 aromatic rings. The minimum atomic E-state index is -0.412. The number of aryl methyl sites for hydroxylation is 1. The highest BCUT2D eigenvalue weighted by Gasteiger charge is 2.12. The molecule has 0 atom stereocenters. The fourth-order valence-corrected chi connectivity index (χ4v) is 2.38. The van der Waals surface area contributed by atoms with Gasteiger partial charge in [-0.25, -0.2) is 9.78 Å². The number of fused-ring (bicyclic) bond motifs is 1. The predicted octanol–water partition coefficient (Wildman–Crippen LogP) is 1.90. The summed E-state index contributed by atoms with van der Waals surface area (Å²) in [5.41, 5.74) is 1.46. The summed E-state index contributed by atoms with van der Waals surface area (Å²) < 4.78 is 6.15. The van der Waals surface area contributed by atoms with E-state index in [4.69, 9.17) is 0 Å². The van der Waals surface area contributed by atoms with Gasteiger partial charge in [0.25, 0.3) is 5.56 Å². The van der Waals surface area contributed by atoms with Crippen LogP contribution in [0, 0.1) is 0 Å². The molecule has 25 heavy (non-hydrogen) atoms. The number of esters is 1. The zero-order valence-corrected chi connectivity index (χ0v) is 14.0. The highest BCUT2D eigenvalue weighted by molar-refractivity contribution is 5.92. The van der Waals surface area contributed by atoms with Crippen LogP contribution in [0.4, 0.5) is 17.5 Å². The van der Waals surface area contributed by atoms with E-state index in [0.717, 1.165) is 0 Å². The number of carbonyl (C=O) groups is 1. The zero-order chi connectivity index (χ0) is 18.0. The van der Waals surface area contributed by atoms with Crippen molar-refractivity contribution in [2.75, 3.05) is 24.8 Å². The third-order valence-corrected chi connectivity index (χ3v) is 3.72. The number of nitrogens with zero attached hydrogens (tertiary/aromatic N) is 3. The summed E-state index contributed by atoms with van der Waals surface area (Å²) in [6.45, 7) is 0.